The van der Waals surface area contributed by atoms with Gasteiger partial charge in [-0.2, -0.15) is 0 Å². The minimum absolute atomic E-state index is 0.204. The first-order valence-electron chi connectivity index (χ1n) is 5.76. The van der Waals surface area contributed by atoms with Crippen LogP contribution >= 0.6 is 0 Å². The second-order valence-electron chi connectivity index (χ2n) is 4.22. The Morgan fingerprint density at radius 1 is 1.28 bits per heavy atom. The first kappa shape index (κ1) is 12.3. The monoisotopic (exact) mass is 246 g/mol. The van der Waals surface area contributed by atoms with Crippen LogP contribution in [0.1, 0.15) is 23.2 Å². The quantitative estimate of drug-likeness (QED) is 0.775. The molecular weight excluding hydrogens is 232 g/mol. The molecule has 3 amide bonds. The van der Waals surface area contributed by atoms with Crippen molar-refractivity contribution in [2.24, 2.45) is 0 Å². The molecule has 1 aliphatic heterocycles. The normalized spacial score (nSPS) is 19.8. The highest BCUT2D eigenvalue weighted by Crippen LogP contribution is 2.12. The van der Waals surface area contributed by atoms with Crippen LogP contribution in [0, 0.1) is 0 Å². The van der Waals surface area contributed by atoms with E-state index in [0.29, 0.717) is 12.0 Å². The molecule has 18 heavy (non-hydrogen) atoms. The Kier molecular flexibility index (Phi) is 3.41. The summed E-state index contributed by atoms with van der Waals surface area (Å²) in [5.74, 6) is -0.850. The molecule has 1 aromatic rings. The van der Waals surface area contributed by atoms with Gasteiger partial charge < -0.3 is 5.32 Å². The van der Waals surface area contributed by atoms with Gasteiger partial charge in [0.1, 0.15) is 6.04 Å². The third-order valence-electron chi connectivity index (χ3n) is 2.99. The zero-order valence-corrected chi connectivity index (χ0v) is 10.1. The SMILES string of the molecule is CN1C(=O)CCC(NC(=O)c2ccccc2)C1=O. The molecule has 1 unspecified atom stereocenters. The maximum absolute atomic E-state index is 11.9. The van der Waals surface area contributed by atoms with Crippen molar-refractivity contribution in [3.63, 3.8) is 0 Å². The minimum atomic E-state index is -0.611. The summed E-state index contributed by atoms with van der Waals surface area (Å²) in [5, 5.41) is 2.65. The van der Waals surface area contributed by atoms with Gasteiger partial charge in [0, 0.05) is 19.0 Å². The second kappa shape index (κ2) is 5.00. The largest absolute Gasteiger partial charge is 0.340 e. The zero-order valence-electron chi connectivity index (χ0n) is 10.1. The highest BCUT2D eigenvalue weighted by molar-refractivity contribution is 6.03. The van der Waals surface area contributed by atoms with Crippen LogP contribution in [-0.2, 0) is 9.59 Å². The lowest BCUT2D eigenvalue weighted by molar-refractivity contribution is -0.147. The van der Waals surface area contributed by atoms with E-state index < -0.39 is 6.04 Å². The third-order valence-corrected chi connectivity index (χ3v) is 2.99. The van der Waals surface area contributed by atoms with E-state index in [1.54, 1.807) is 24.3 Å². The first-order valence-corrected chi connectivity index (χ1v) is 5.76. The van der Waals surface area contributed by atoms with Gasteiger partial charge in [0.2, 0.25) is 5.91 Å². The average molecular weight is 246 g/mol. The summed E-state index contributed by atoms with van der Waals surface area (Å²) in [7, 11) is 1.44. The molecule has 5 nitrogen and oxygen atoms in total. The van der Waals surface area contributed by atoms with E-state index in [0.717, 1.165) is 4.90 Å². The summed E-state index contributed by atoms with van der Waals surface area (Å²) in [4.78, 5) is 36.0. The summed E-state index contributed by atoms with van der Waals surface area (Å²) in [5.41, 5.74) is 0.504. The van der Waals surface area contributed by atoms with Gasteiger partial charge in [-0.15, -0.1) is 0 Å². The highest BCUT2D eigenvalue weighted by Gasteiger charge is 2.32. The van der Waals surface area contributed by atoms with Crippen molar-refractivity contribution in [2.75, 3.05) is 7.05 Å². The lowest BCUT2D eigenvalue weighted by Crippen LogP contribution is -2.52. The molecule has 1 atom stereocenters. The van der Waals surface area contributed by atoms with Crippen molar-refractivity contribution in [1.29, 1.82) is 0 Å². The molecule has 1 saturated heterocycles. The van der Waals surface area contributed by atoms with Crippen LogP contribution in [0.15, 0.2) is 30.3 Å². The number of rotatable bonds is 2. The van der Waals surface area contributed by atoms with Gasteiger partial charge in [-0.3, -0.25) is 19.3 Å². The minimum Gasteiger partial charge on any atom is -0.340 e. The number of hydrogen-bond acceptors (Lipinski definition) is 3. The predicted molar refractivity (Wildman–Crippen MR) is 64.7 cm³/mol. The predicted octanol–water partition coefficient (Wildman–Crippen LogP) is 0.564. The van der Waals surface area contributed by atoms with Crippen LogP contribution in [0.4, 0.5) is 0 Å². The van der Waals surface area contributed by atoms with Gasteiger partial charge in [-0.25, -0.2) is 0 Å². The van der Waals surface area contributed by atoms with E-state index >= 15 is 0 Å². The summed E-state index contributed by atoms with van der Waals surface area (Å²) in [6.45, 7) is 0. The summed E-state index contributed by atoms with van der Waals surface area (Å²) < 4.78 is 0. The van der Waals surface area contributed by atoms with Crippen molar-refractivity contribution in [2.45, 2.75) is 18.9 Å². The van der Waals surface area contributed by atoms with Crippen molar-refractivity contribution in [3.8, 4) is 0 Å². The Morgan fingerprint density at radius 2 is 1.94 bits per heavy atom. The van der Waals surface area contributed by atoms with Crippen molar-refractivity contribution in [1.82, 2.24) is 10.2 Å². The maximum atomic E-state index is 11.9. The van der Waals surface area contributed by atoms with Gasteiger partial charge in [0.15, 0.2) is 0 Å². The Bertz CT molecular complexity index is 484. The van der Waals surface area contributed by atoms with E-state index in [2.05, 4.69) is 5.32 Å². The standard InChI is InChI=1S/C13H14N2O3/c1-15-11(16)8-7-10(13(15)18)14-12(17)9-5-3-2-4-6-9/h2-6,10H,7-8H2,1H3,(H,14,17). The van der Waals surface area contributed by atoms with Crippen LogP contribution in [0.25, 0.3) is 0 Å². The number of piperidine rings is 1. The molecule has 0 aliphatic carbocycles. The molecule has 0 spiro atoms. The molecule has 1 aromatic carbocycles. The molecular formula is C13H14N2O3. The van der Waals surface area contributed by atoms with Gasteiger partial charge in [0.05, 0.1) is 0 Å². The molecule has 0 radical (unpaired) electrons. The summed E-state index contributed by atoms with van der Waals surface area (Å²) >= 11 is 0. The van der Waals surface area contributed by atoms with Crippen molar-refractivity contribution in [3.05, 3.63) is 35.9 Å². The van der Waals surface area contributed by atoms with Gasteiger partial charge >= 0.3 is 0 Å². The van der Waals surface area contributed by atoms with Crippen LogP contribution in [0.2, 0.25) is 0 Å². The van der Waals surface area contributed by atoms with Gasteiger partial charge in [-0.1, -0.05) is 18.2 Å². The van der Waals surface area contributed by atoms with Crippen LogP contribution in [-0.4, -0.2) is 35.7 Å². The van der Waals surface area contributed by atoms with Crippen LogP contribution in [0.5, 0.6) is 0 Å². The molecule has 0 saturated carbocycles. The van der Waals surface area contributed by atoms with E-state index in [9.17, 15) is 14.4 Å². The first-order chi connectivity index (χ1) is 8.59. The van der Waals surface area contributed by atoms with Crippen molar-refractivity contribution >= 4 is 17.7 Å². The van der Waals surface area contributed by atoms with E-state index in [1.807, 2.05) is 6.07 Å². The number of amides is 3. The van der Waals surface area contributed by atoms with Gasteiger partial charge in [0.25, 0.3) is 11.8 Å². The number of hydrogen-bond donors (Lipinski definition) is 1. The Hall–Kier alpha value is -2.17. The number of benzene rings is 1. The number of carbonyl (C=O) groups is 3. The maximum Gasteiger partial charge on any atom is 0.251 e. The number of nitrogens with zero attached hydrogens (tertiary/aromatic N) is 1. The number of imide groups is 1. The summed E-state index contributed by atoms with van der Waals surface area (Å²) in [6, 6.07) is 8.07. The second-order valence-corrected chi connectivity index (χ2v) is 4.22. The smallest absolute Gasteiger partial charge is 0.251 e. The molecule has 1 aliphatic rings. The lowest BCUT2D eigenvalue weighted by Gasteiger charge is -2.28. The molecule has 0 bridgehead atoms. The van der Waals surface area contributed by atoms with Gasteiger partial charge in [-0.05, 0) is 18.6 Å². The van der Waals surface area contributed by atoms with E-state index in [1.165, 1.54) is 7.05 Å². The van der Waals surface area contributed by atoms with E-state index in [-0.39, 0.29) is 24.1 Å². The Morgan fingerprint density at radius 3 is 2.61 bits per heavy atom. The molecule has 1 heterocycles. The fourth-order valence-electron chi connectivity index (χ4n) is 1.88. The Labute approximate surface area is 105 Å². The molecule has 5 heteroatoms. The summed E-state index contributed by atoms with van der Waals surface area (Å²) in [6.07, 6.45) is 0.641. The van der Waals surface area contributed by atoms with Crippen LogP contribution in [0.3, 0.4) is 0 Å². The van der Waals surface area contributed by atoms with Crippen molar-refractivity contribution < 1.29 is 14.4 Å². The highest BCUT2D eigenvalue weighted by atomic mass is 16.2. The third kappa shape index (κ3) is 2.40. The van der Waals surface area contributed by atoms with Crippen LogP contribution < -0.4 is 5.32 Å². The van der Waals surface area contributed by atoms with E-state index in [4.69, 9.17) is 0 Å². The fraction of sp³-hybridized carbons (Fsp3) is 0.308. The topological polar surface area (TPSA) is 66.5 Å². The number of nitrogens with one attached hydrogen (secondary N) is 1. The zero-order chi connectivity index (χ0) is 13.1. The number of likely N-dealkylation sites (tertiary alicyclic amines) is 1. The Balaban J connectivity index is 2.04. The molecule has 0 aromatic heterocycles. The molecule has 2 rings (SSSR count). The molecule has 94 valence electrons. The molecule has 1 N–H and O–H groups in total. The lowest BCUT2D eigenvalue weighted by atomic mass is 10.0. The molecule has 1 fully saturated rings. The fourth-order valence-corrected chi connectivity index (χ4v) is 1.88. The average Bonchev–Trinajstić information content (AvgIpc) is 2.40. The number of carbonyl (C=O) groups excluding carboxylic acids is 3. The number of likely N-dealkylation sites (N-methyl/N-ethyl adjacent to an activating group) is 1.